The van der Waals surface area contributed by atoms with E-state index in [4.69, 9.17) is 21.6 Å². The molecule has 0 bridgehead atoms. The van der Waals surface area contributed by atoms with E-state index in [1.807, 2.05) is 12.1 Å². The lowest BCUT2D eigenvalue weighted by molar-refractivity contribution is -0.384. The highest BCUT2D eigenvalue weighted by molar-refractivity contribution is 7.85. The van der Waals surface area contributed by atoms with Crippen LogP contribution in [0.2, 0.25) is 5.02 Å². The molecule has 0 spiro atoms. The van der Waals surface area contributed by atoms with Crippen molar-refractivity contribution in [1.82, 2.24) is 19.8 Å². The van der Waals surface area contributed by atoms with Crippen molar-refractivity contribution in [3.8, 4) is 0 Å². The van der Waals surface area contributed by atoms with Crippen LogP contribution in [0.1, 0.15) is 5.69 Å². The number of piperazine rings is 1. The Balaban J connectivity index is 1.64. The number of nitro groups is 1. The number of nitro benzene ring substituents is 1. The number of nitrogens with one attached hydrogen (secondary N) is 2. The molecule has 2 aliphatic heterocycles. The number of rotatable bonds is 5. The van der Waals surface area contributed by atoms with Gasteiger partial charge in [-0.25, -0.2) is 4.48 Å². The Labute approximate surface area is 198 Å². The van der Waals surface area contributed by atoms with E-state index >= 15 is 0 Å². The third-order valence-corrected chi connectivity index (χ3v) is 7.74. The molecule has 3 aromatic rings. The Bertz CT molecular complexity index is 1250. The van der Waals surface area contributed by atoms with E-state index in [9.17, 15) is 14.3 Å². The van der Waals surface area contributed by atoms with E-state index in [1.165, 1.54) is 12.1 Å². The number of aryl methyl sites for hydroxylation is 1. The highest BCUT2D eigenvalue weighted by atomic mass is 35.5. The van der Waals surface area contributed by atoms with Gasteiger partial charge in [0.2, 0.25) is 0 Å². The van der Waals surface area contributed by atoms with Crippen molar-refractivity contribution in [2.75, 3.05) is 37.2 Å². The second kappa shape index (κ2) is 8.79. The van der Waals surface area contributed by atoms with Crippen LogP contribution in [-0.4, -0.2) is 51.0 Å². The maximum absolute atomic E-state index is 12.8. The molecule has 1 unspecified atom stereocenters. The van der Waals surface area contributed by atoms with Crippen molar-refractivity contribution in [3.05, 3.63) is 69.4 Å². The van der Waals surface area contributed by atoms with Crippen LogP contribution >= 0.6 is 11.6 Å². The van der Waals surface area contributed by atoms with E-state index in [-0.39, 0.29) is 5.69 Å². The smallest absolute Gasteiger partial charge is 0.336 e. The monoisotopic (exact) mass is 485 g/mol. The van der Waals surface area contributed by atoms with Gasteiger partial charge >= 0.3 is 5.95 Å². The standard InChI is InChI=1S/C22H22ClN6O3S/c23-15-2-1-3-16(14-15)25-21-20-19(8-13-33(20)32)26-22(27-21)29(11-9-24-10-12-29)18-6-4-17(5-7-18)28(30)31/h1-7,14,24H,8-13H2,(H,25,26,27)/q+1. The summed E-state index contributed by atoms with van der Waals surface area (Å²) in [6.45, 7) is 2.88. The SMILES string of the molecule is O=[N+]([O-])c1ccc([N+]2(c3nc4c(c(Nc5cccc(Cl)c5)n3)S(=O)CC4)CCNCC2)cc1. The predicted molar refractivity (Wildman–Crippen MR) is 129 cm³/mol. The number of halogens is 1. The number of anilines is 2. The zero-order chi connectivity index (χ0) is 23.0. The Hall–Kier alpha value is -2.92. The molecule has 0 aliphatic carbocycles. The molecule has 9 nitrogen and oxygen atoms in total. The first-order chi connectivity index (χ1) is 16.0. The third kappa shape index (κ3) is 4.10. The Morgan fingerprint density at radius 3 is 2.58 bits per heavy atom. The highest BCUT2D eigenvalue weighted by Crippen LogP contribution is 2.38. The molecule has 2 N–H and O–H groups in total. The average Bonchev–Trinajstić information content (AvgIpc) is 3.20. The molecule has 1 fully saturated rings. The fourth-order valence-electron chi connectivity index (χ4n) is 4.37. The molecule has 1 atom stereocenters. The molecule has 170 valence electrons. The summed E-state index contributed by atoms with van der Waals surface area (Å²) in [7, 11) is -1.18. The lowest BCUT2D eigenvalue weighted by Gasteiger charge is -2.38. The molecule has 33 heavy (non-hydrogen) atoms. The van der Waals surface area contributed by atoms with Gasteiger partial charge in [0, 0.05) is 60.2 Å². The molecule has 2 aliphatic rings. The number of aromatic nitrogens is 2. The van der Waals surface area contributed by atoms with Crippen molar-refractivity contribution < 1.29 is 9.13 Å². The van der Waals surface area contributed by atoms with Crippen LogP contribution in [0.5, 0.6) is 0 Å². The van der Waals surface area contributed by atoms with Gasteiger partial charge in [-0.3, -0.25) is 14.3 Å². The van der Waals surface area contributed by atoms with Crippen LogP contribution in [-0.2, 0) is 17.2 Å². The maximum atomic E-state index is 12.8. The van der Waals surface area contributed by atoms with Crippen molar-refractivity contribution in [2.24, 2.45) is 0 Å². The summed E-state index contributed by atoms with van der Waals surface area (Å²) < 4.78 is 13.1. The van der Waals surface area contributed by atoms with Crippen molar-refractivity contribution in [2.45, 2.75) is 11.3 Å². The lowest BCUT2D eigenvalue weighted by atomic mass is 10.2. The normalized spacial score (nSPS) is 19.1. The van der Waals surface area contributed by atoms with Crippen LogP contribution in [0.25, 0.3) is 0 Å². The van der Waals surface area contributed by atoms with Gasteiger partial charge in [0.05, 0.1) is 21.4 Å². The van der Waals surface area contributed by atoms with E-state index in [0.717, 1.165) is 30.2 Å². The summed E-state index contributed by atoms with van der Waals surface area (Å²) in [5.74, 6) is 1.62. The van der Waals surface area contributed by atoms with Gasteiger partial charge in [-0.1, -0.05) is 17.7 Å². The molecule has 2 aromatic carbocycles. The van der Waals surface area contributed by atoms with Crippen LogP contribution < -0.4 is 15.1 Å². The third-order valence-electron chi connectivity index (χ3n) is 6.04. The zero-order valence-corrected chi connectivity index (χ0v) is 19.2. The number of hydrogen-bond acceptors (Lipinski definition) is 7. The molecule has 5 rings (SSSR count). The molecular formula is C22H22ClN6O3S+. The van der Waals surface area contributed by atoms with E-state index < -0.39 is 15.7 Å². The minimum Gasteiger partial charge on any atom is -0.339 e. The second-order valence-electron chi connectivity index (χ2n) is 8.02. The van der Waals surface area contributed by atoms with Gasteiger partial charge in [-0.15, -0.1) is 0 Å². The first-order valence-electron chi connectivity index (χ1n) is 10.6. The van der Waals surface area contributed by atoms with Crippen LogP contribution in [0.3, 0.4) is 0 Å². The van der Waals surface area contributed by atoms with Crippen LogP contribution in [0.4, 0.5) is 28.8 Å². The molecule has 1 aromatic heterocycles. The average molecular weight is 486 g/mol. The fourth-order valence-corrected chi connectivity index (χ4v) is 5.87. The minimum absolute atomic E-state index is 0.0422. The van der Waals surface area contributed by atoms with Gasteiger partial charge < -0.3 is 10.6 Å². The van der Waals surface area contributed by atoms with E-state index in [1.54, 1.807) is 24.3 Å². The van der Waals surface area contributed by atoms with Gasteiger partial charge in [0.1, 0.15) is 23.7 Å². The number of non-ortho nitro benzene ring substituents is 1. The minimum atomic E-state index is -1.18. The summed E-state index contributed by atoms with van der Waals surface area (Å²) in [6.07, 6.45) is 0.611. The largest absolute Gasteiger partial charge is 0.339 e. The number of benzene rings is 2. The molecule has 1 saturated heterocycles. The molecule has 0 radical (unpaired) electrons. The Morgan fingerprint density at radius 1 is 1.12 bits per heavy atom. The molecule has 0 saturated carbocycles. The van der Waals surface area contributed by atoms with Gasteiger partial charge in [0.25, 0.3) is 5.69 Å². The molecule has 3 heterocycles. The number of fused-ring (bicyclic) bond motifs is 1. The van der Waals surface area contributed by atoms with Gasteiger partial charge in [-0.05, 0) is 18.2 Å². The lowest BCUT2D eigenvalue weighted by Crippen LogP contribution is -2.57. The molecule has 11 heteroatoms. The Kier molecular flexibility index (Phi) is 5.83. The number of hydrogen-bond donors (Lipinski definition) is 2. The summed E-state index contributed by atoms with van der Waals surface area (Å²) >= 11 is 6.16. The van der Waals surface area contributed by atoms with Crippen LogP contribution in [0.15, 0.2) is 53.4 Å². The fraction of sp³-hybridized carbons (Fsp3) is 0.273. The van der Waals surface area contributed by atoms with Crippen LogP contribution in [0, 0.1) is 10.1 Å². The van der Waals surface area contributed by atoms with E-state index in [2.05, 4.69) is 10.6 Å². The summed E-state index contributed by atoms with van der Waals surface area (Å²) in [6, 6.07) is 13.9. The number of quaternary nitrogens is 1. The van der Waals surface area contributed by atoms with E-state index in [0.29, 0.717) is 51.4 Å². The summed E-state index contributed by atoms with van der Waals surface area (Å²) in [5.41, 5.74) is 2.46. The topological polar surface area (TPSA) is 110 Å². The first kappa shape index (κ1) is 21.9. The molecular weight excluding hydrogens is 464 g/mol. The second-order valence-corrected chi connectivity index (χ2v) is 9.97. The molecule has 0 amide bonds. The first-order valence-corrected chi connectivity index (χ1v) is 12.3. The zero-order valence-electron chi connectivity index (χ0n) is 17.7. The quantitative estimate of drug-likeness (QED) is 0.322. The summed E-state index contributed by atoms with van der Waals surface area (Å²) in [5, 5.41) is 18.4. The number of nitrogens with zero attached hydrogens (tertiary/aromatic N) is 4. The maximum Gasteiger partial charge on any atom is 0.336 e. The predicted octanol–water partition coefficient (Wildman–Crippen LogP) is 3.69. The summed E-state index contributed by atoms with van der Waals surface area (Å²) in [4.78, 5) is 21.2. The highest BCUT2D eigenvalue weighted by Gasteiger charge is 2.41. The van der Waals surface area contributed by atoms with Crippen molar-refractivity contribution in [3.63, 3.8) is 0 Å². The van der Waals surface area contributed by atoms with Crippen molar-refractivity contribution in [1.29, 1.82) is 0 Å². The van der Waals surface area contributed by atoms with Crippen molar-refractivity contribution >= 4 is 51.2 Å². The van der Waals surface area contributed by atoms with Gasteiger partial charge in [0.15, 0.2) is 5.82 Å². The Morgan fingerprint density at radius 2 is 1.88 bits per heavy atom. The van der Waals surface area contributed by atoms with Gasteiger partial charge in [-0.2, -0.15) is 9.97 Å².